The first-order valence-electron chi connectivity index (χ1n) is 8.28. The molecule has 20 heavy (non-hydrogen) atoms. The minimum absolute atomic E-state index is 0.227. The molecule has 4 nitrogen and oxygen atoms in total. The van der Waals surface area contributed by atoms with Gasteiger partial charge in [-0.15, -0.1) is 0 Å². The number of carbonyl (C=O) groups excluding carboxylic acids is 1. The van der Waals surface area contributed by atoms with Crippen molar-refractivity contribution in [2.24, 2.45) is 11.7 Å². The minimum Gasteiger partial charge on any atom is -0.336 e. The van der Waals surface area contributed by atoms with E-state index in [1.54, 1.807) is 0 Å². The zero-order valence-electron chi connectivity index (χ0n) is 13.3. The van der Waals surface area contributed by atoms with Crippen LogP contribution in [0.2, 0.25) is 0 Å². The molecule has 0 bridgehead atoms. The van der Waals surface area contributed by atoms with Gasteiger partial charge in [0.25, 0.3) is 0 Å². The third kappa shape index (κ3) is 3.73. The van der Waals surface area contributed by atoms with Crippen LogP contribution in [0.25, 0.3) is 0 Å². The summed E-state index contributed by atoms with van der Waals surface area (Å²) in [6.07, 6.45) is 6.23. The quantitative estimate of drug-likeness (QED) is 0.855. The normalized spacial score (nSPS) is 29.1. The lowest BCUT2D eigenvalue weighted by Crippen LogP contribution is -2.49. The van der Waals surface area contributed by atoms with Crippen LogP contribution in [0, 0.1) is 5.92 Å². The summed E-state index contributed by atoms with van der Waals surface area (Å²) in [7, 11) is 0. The van der Waals surface area contributed by atoms with Gasteiger partial charge >= 0.3 is 0 Å². The Bertz CT molecular complexity index is 316. The first-order valence-corrected chi connectivity index (χ1v) is 8.28. The van der Waals surface area contributed by atoms with E-state index < -0.39 is 0 Å². The molecule has 1 saturated heterocycles. The number of carbonyl (C=O) groups is 1. The summed E-state index contributed by atoms with van der Waals surface area (Å²) in [5, 5.41) is 0. The van der Waals surface area contributed by atoms with Gasteiger partial charge in [-0.05, 0) is 32.6 Å². The van der Waals surface area contributed by atoms with Crippen molar-refractivity contribution in [2.45, 2.75) is 71.0 Å². The molecule has 1 amide bonds. The molecule has 0 aromatic carbocycles. The molecule has 0 aromatic rings. The number of nitrogens with zero attached hydrogens (tertiary/aromatic N) is 2. The highest BCUT2D eigenvalue weighted by molar-refractivity contribution is 5.79. The molecule has 2 rings (SSSR count). The molecule has 2 fully saturated rings. The van der Waals surface area contributed by atoms with Crippen LogP contribution in [0.4, 0.5) is 0 Å². The molecule has 0 radical (unpaired) electrons. The van der Waals surface area contributed by atoms with E-state index in [0.717, 1.165) is 13.1 Å². The number of rotatable bonds is 4. The summed E-state index contributed by atoms with van der Waals surface area (Å²) in [5.41, 5.74) is 6.06. The van der Waals surface area contributed by atoms with Crippen molar-refractivity contribution in [3.05, 3.63) is 0 Å². The summed E-state index contributed by atoms with van der Waals surface area (Å²) in [5.74, 6) is 0.804. The molecule has 1 heterocycles. The summed E-state index contributed by atoms with van der Waals surface area (Å²) in [6.45, 7) is 8.84. The first-order chi connectivity index (χ1) is 9.49. The number of hydrogen-bond acceptors (Lipinski definition) is 3. The van der Waals surface area contributed by atoms with Gasteiger partial charge in [-0.2, -0.15) is 0 Å². The smallest absolute Gasteiger partial charge is 0.237 e. The molecule has 116 valence electrons. The number of hydrogen-bond donors (Lipinski definition) is 1. The van der Waals surface area contributed by atoms with Crippen LogP contribution in [-0.2, 0) is 4.79 Å². The monoisotopic (exact) mass is 281 g/mol. The lowest BCUT2D eigenvalue weighted by Gasteiger charge is -2.38. The Hall–Kier alpha value is -0.610. The Labute approximate surface area is 123 Å². The van der Waals surface area contributed by atoms with E-state index in [4.69, 9.17) is 5.73 Å². The molecular weight excluding hydrogens is 250 g/mol. The average Bonchev–Trinajstić information content (AvgIpc) is 2.69. The van der Waals surface area contributed by atoms with Gasteiger partial charge < -0.3 is 10.6 Å². The van der Waals surface area contributed by atoms with E-state index in [0.29, 0.717) is 30.5 Å². The van der Waals surface area contributed by atoms with Crippen LogP contribution < -0.4 is 5.73 Å². The Morgan fingerprint density at radius 1 is 1.25 bits per heavy atom. The summed E-state index contributed by atoms with van der Waals surface area (Å²) in [4.78, 5) is 17.1. The van der Waals surface area contributed by atoms with E-state index >= 15 is 0 Å². The van der Waals surface area contributed by atoms with E-state index in [1.165, 1.54) is 32.1 Å². The Balaban J connectivity index is 1.93. The fraction of sp³-hybridized carbons (Fsp3) is 0.938. The van der Waals surface area contributed by atoms with Crippen molar-refractivity contribution in [3.8, 4) is 0 Å². The van der Waals surface area contributed by atoms with Crippen molar-refractivity contribution >= 4 is 5.91 Å². The average molecular weight is 281 g/mol. The first kappa shape index (κ1) is 15.8. The highest BCUT2D eigenvalue weighted by atomic mass is 16.2. The Morgan fingerprint density at radius 2 is 1.90 bits per heavy atom. The maximum Gasteiger partial charge on any atom is 0.237 e. The Morgan fingerprint density at radius 3 is 2.40 bits per heavy atom. The number of nitrogens with two attached hydrogens (primary N) is 1. The van der Waals surface area contributed by atoms with Crippen molar-refractivity contribution < 1.29 is 4.79 Å². The van der Waals surface area contributed by atoms with Crippen molar-refractivity contribution in [2.75, 3.05) is 19.6 Å². The summed E-state index contributed by atoms with van der Waals surface area (Å²) < 4.78 is 0. The van der Waals surface area contributed by atoms with E-state index in [2.05, 4.69) is 30.6 Å². The molecule has 1 aliphatic heterocycles. The lowest BCUT2D eigenvalue weighted by atomic mass is 9.93. The van der Waals surface area contributed by atoms with Gasteiger partial charge in [-0.25, -0.2) is 0 Å². The van der Waals surface area contributed by atoms with Gasteiger partial charge in [-0.1, -0.05) is 26.2 Å². The number of likely N-dealkylation sites (tertiary alicyclic amines) is 1. The van der Waals surface area contributed by atoms with Gasteiger partial charge in [0, 0.05) is 31.2 Å². The highest BCUT2D eigenvalue weighted by Gasteiger charge is 2.32. The standard InChI is InChI=1S/C16H31N3O/c1-12(2)19(14-7-5-4-6-8-14)16(20)11-18-9-13(3)15(17)10-18/h12-15H,4-11,17H2,1-3H3. The van der Waals surface area contributed by atoms with Crippen LogP contribution >= 0.6 is 0 Å². The second-order valence-electron chi connectivity index (χ2n) is 7.02. The molecule has 1 saturated carbocycles. The van der Waals surface area contributed by atoms with E-state index in [-0.39, 0.29) is 6.04 Å². The van der Waals surface area contributed by atoms with E-state index in [1.807, 2.05) is 0 Å². The molecule has 2 atom stereocenters. The van der Waals surface area contributed by atoms with Gasteiger partial charge in [0.15, 0.2) is 0 Å². The zero-order chi connectivity index (χ0) is 14.7. The van der Waals surface area contributed by atoms with Crippen LogP contribution in [0.15, 0.2) is 0 Å². The SMILES string of the molecule is CC1CN(CC(=O)N(C(C)C)C2CCCCC2)CC1N. The van der Waals surface area contributed by atoms with Crippen LogP contribution in [-0.4, -0.2) is 53.5 Å². The highest BCUT2D eigenvalue weighted by Crippen LogP contribution is 2.25. The molecule has 1 aliphatic carbocycles. The maximum absolute atomic E-state index is 12.7. The van der Waals surface area contributed by atoms with Gasteiger partial charge in [0.2, 0.25) is 5.91 Å². The molecule has 2 N–H and O–H groups in total. The molecular formula is C16H31N3O. The predicted octanol–water partition coefficient (Wildman–Crippen LogP) is 1.84. The number of amides is 1. The second-order valence-corrected chi connectivity index (χ2v) is 7.02. The topological polar surface area (TPSA) is 49.6 Å². The molecule has 0 aromatic heterocycles. The van der Waals surface area contributed by atoms with Crippen molar-refractivity contribution in [3.63, 3.8) is 0 Å². The third-order valence-electron chi connectivity index (χ3n) is 4.92. The largest absolute Gasteiger partial charge is 0.336 e. The molecule has 4 heteroatoms. The van der Waals surface area contributed by atoms with Gasteiger partial charge in [0.05, 0.1) is 6.54 Å². The van der Waals surface area contributed by atoms with Crippen molar-refractivity contribution in [1.29, 1.82) is 0 Å². The summed E-state index contributed by atoms with van der Waals surface area (Å²) in [6, 6.07) is 0.995. The lowest BCUT2D eigenvalue weighted by molar-refractivity contribution is -0.137. The van der Waals surface area contributed by atoms with Crippen LogP contribution in [0.5, 0.6) is 0 Å². The molecule has 2 aliphatic rings. The second kappa shape index (κ2) is 6.90. The van der Waals surface area contributed by atoms with E-state index in [9.17, 15) is 4.79 Å². The fourth-order valence-electron chi connectivity index (χ4n) is 3.77. The Kier molecular flexibility index (Phi) is 5.44. The van der Waals surface area contributed by atoms with Gasteiger partial charge in [-0.3, -0.25) is 9.69 Å². The predicted molar refractivity (Wildman–Crippen MR) is 82.4 cm³/mol. The minimum atomic E-state index is 0.227. The maximum atomic E-state index is 12.7. The fourth-order valence-corrected chi connectivity index (χ4v) is 3.77. The zero-order valence-corrected chi connectivity index (χ0v) is 13.3. The van der Waals surface area contributed by atoms with Crippen LogP contribution in [0.1, 0.15) is 52.9 Å². The van der Waals surface area contributed by atoms with Gasteiger partial charge in [0.1, 0.15) is 0 Å². The third-order valence-corrected chi connectivity index (χ3v) is 4.92. The molecule has 0 spiro atoms. The summed E-state index contributed by atoms with van der Waals surface area (Å²) >= 11 is 0. The van der Waals surface area contributed by atoms with Crippen LogP contribution in [0.3, 0.4) is 0 Å². The van der Waals surface area contributed by atoms with Crippen molar-refractivity contribution in [1.82, 2.24) is 9.80 Å². The molecule has 2 unspecified atom stereocenters.